The van der Waals surface area contributed by atoms with Gasteiger partial charge in [0.2, 0.25) is 0 Å². The highest BCUT2D eigenvalue weighted by Gasteiger charge is 2.15. The lowest BCUT2D eigenvalue weighted by Gasteiger charge is -2.09. The molecule has 0 fully saturated rings. The number of nitrogens with zero attached hydrogens (tertiary/aromatic N) is 2. The minimum atomic E-state index is -0.444. The van der Waals surface area contributed by atoms with Gasteiger partial charge < -0.3 is 10.5 Å². The van der Waals surface area contributed by atoms with E-state index < -0.39 is 6.04 Å². The van der Waals surface area contributed by atoms with Gasteiger partial charge in [0.05, 0.1) is 13.2 Å². The molecule has 1 atom stereocenters. The molecule has 3 rings (SSSR count). The van der Waals surface area contributed by atoms with Crippen LogP contribution < -0.4 is 10.5 Å². The van der Waals surface area contributed by atoms with E-state index in [0.717, 1.165) is 11.3 Å². The summed E-state index contributed by atoms with van der Waals surface area (Å²) >= 11 is 0. The van der Waals surface area contributed by atoms with Gasteiger partial charge in [-0.05, 0) is 29.8 Å². The number of methoxy groups -OCH3 is 1. The Hall–Kier alpha value is -2.73. The Morgan fingerprint density at radius 3 is 2.64 bits per heavy atom. The van der Waals surface area contributed by atoms with Crippen molar-refractivity contribution in [3.63, 3.8) is 0 Å². The number of aromatic amines is 1. The molecule has 0 saturated carbocycles. The topological polar surface area (TPSA) is 76.8 Å². The van der Waals surface area contributed by atoms with Gasteiger partial charge in [0.1, 0.15) is 17.4 Å². The first-order valence-electron chi connectivity index (χ1n) is 6.75. The molecule has 6 heteroatoms. The molecule has 2 aromatic carbocycles. The van der Waals surface area contributed by atoms with Crippen LogP contribution in [0.5, 0.6) is 5.75 Å². The van der Waals surface area contributed by atoms with E-state index in [9.17, 15) is 4.39 Å². The molecule has 0 radical (unpaired) electrons. The lowest BCUT2D eigenvalue weighted by Crippen LogP contribution is -2.13. The van der Waals surface area contributed by atoms with Crippen molar-refractivity contribution in [1.29, 1.82) is 0 Å². The van der Waals surface area contributed by atoms with Crippen molar-refractivity contribution in [1.82, 2.24) is 15.2 Å². The van der Waals surface area contributed by atoms with Crippen LogP contribution in [0, 0.1) is 5.82 Å². The van der Waals surface area contributed by atoms with E-state index in [2.05, 4.69) is 15.2 Å². The Bertz CT molecular complexity index is 770. The zero-order valence-corrected chi connectivity index (χ0v) is 12.0. The van der Waals surface area contributed by atoms with Crippen molar-refractivity contribution in [2.24, 2.45) is 5.73 Å². The third-order valence-electron chi connectivity index (χ3n) is 3.36. The highest BCUT2D eigenvalue weighted by molar-refractivity contribution is 5.54. The molecule has 1 heterocycles. The van der Waals surface area contributed by atoms with E-state index in [4.69, 9.17) is 10.5 Å². The number of ether oxygens (including phenoxy) is 1. The number of nitrogens with two attached hydrogens (primary N) is 1. The van der Waals surface area contributed by atoms with Gasteiger partial charge in [-0.1, -0.05) is 24.3 Å². The molecular formula is C16H15FN4O. The molecule has 0 amide bonds. The van der Waals surface area contributed by atoms with Gasteiger partial charge >= 0.3 is 0 Å². The van der Waals surface area contributed by atoms with Crippen molar-refractivity contribution < 1.29 is 9.13 Å². The monoisotopic (exact) mass is 298 g/mol. The van der Waals surface area contributed by atoms with Crippen molar-refractivity contribution in [2.75, 3.05) is 7.11 Å². The van der Waals surface area contributed by atoms with Crippen LogP contribution >= 0.6 is 0 Å². The van der Waals surface area contributed by atoms with Crippen LogP contribution in [0.2, 0.25) is 0 Å². The normalized spacial score (nSPS) is 12.1. The first kappa shape index (κ1) is 14.2. The summed E-state index contributed by atoms with van der Waals surface area (Å²) in [6.07, 6.45) is 0. The number of H-pyrrole nitrogens is 1. The number of rotatable bonds is 4. The Labute approximate surface area is 127 Å². The predicted molar refractivity (Wildman–Crippen MR) is 80.8 cm³/mol. The molecule has 0 unspecified atom stereocenters. The van der Waals surface area contributed by atoms with E-state index in [-0.39, 0.29) is 5.82 Å². The van der Waals surface area contributed by atoms with Gasteiger partial charge in [0.25, 0.3) is 0 Å². The summed E-state index contributed by atoms with van der Waals surface area (Å²) in [5, 5.41) is 6.91. The third kappa shape index (κ3) is 2.82. The molecule has 0 spiro atoms. The Balaban J connectivity index is 1.86. The van der Waals surface area contributed by atoms with Crippen LogP contribution in [-0.2, 0) is 0 Å². The molecule has 3 aromatic rings. The smallest absolute Gasteiger partial charge is 0.181 e. The van der Waals surface area contributed by atoms with Crippen molar-refractivity contribution in [3.8, 4) is 17.1 Å². The van der Waals surface area contributed by atoms with Crippen molar-refractivity contribution in [2.45, 2.75) is 6.04 Å². The summed E-state index contributed by atoms with van der Waals surface area (Å²) in [5.74, 6) is 1.36. The maximum atomic E-state index is 13.3. The van der Waals surface area contributed by atoms with Crippen molar-refractivity contribution >= 4 is 0 Å². The summed E-state index contributed by atoms with van der Waals surface area (Å²) in [6.45, 7) is 0. The summed E-state index contributed by atoms with van der Waals surface area (Å²) < 4.78 is 18.4. The third-order valence-corrected chi connectivity index (χ3v) is 3.36. The summed E-state index contributed by atoms with van der Waals surface area (Å²) in [4.78, 5) is 4.35. The highest BCUT2D eigenvalue weighted by Crippen LogP contribution is 2.22. The summed E-state index contributed by atoms with van der Waals surface area (Å²) in [7, 11) is 1.61. The van der Waals surface area contributed by atoms with Crippen LogP contribution in [-0.4, -0.2) is 22.3 Å². The van der Waals surface area contributed by atoms with Gasteiger partial charge in [-0.25, -0.2) is 9.37 Å². The lowest BCUT2D eigenvalue weighted by atomic mass is 10.1. The zero-order chi connectivity index (χ0) is 15.5. The molecule has 0 bridgehead atoms. The molecule has 0 aliphatic heterocycles. The molecule has 112 valence electrons. The van der Waals surface area contributed by atoms with Crippen LogP contribution in [0.15, 0.2) is 48.5 Å². The molecule has 0 aliphatic carbocycles. The second-order valence-corrected chi connectivity index (χ2v) is 4.81. The van der Waals surface area contributed by atoms with Gasteiger partial charge in [0, 0.05) is 5.56 Å². The predicted octanol–water partition coefficient (Wildman–Crippen LogP) is 2.67. The zero-order valence-electron chi connectivity index (χ0n) is 12.0. The first-order valence-corrected chi connectivity index (χ1v) is 6.75. The maximum absolute atomic E-state index is 13.3. The van der Waals surface area contributed by atoms with E-state index >= 15 is 0 Å². The number of aromatic nitrogens is 3. The fraction of sp³-hybridized carbons (Fsp3) is 0.125. The maximum Gasteiger partial charge on any atom is 0.181 e. The molecule has 5 nitrogen and oxygen atoms in total. The minimum absolute atomic E-state index is 0.330. The number of benzene rings is 2. The average molecular weight is 298 g/mol. The first-order chi connectivity index (χ1) is 10.7. The van der Waals surface area contributed by atoms with Crippen LogP contribution in [0.1, 0.15) is 17.4 Å². The van der Waals surface area contributed by atoms with Crippen LogP contribution in [0.3, 0.4) is 0 Å². The average Bonchev–Trinajstić information content (AvgIpc) is 3.04. The summed E-state index contributed by atoms with van der Waals surface area (Å²) in [5.41, 5.74) is 7.66. The number of nitrogens with one attached hydrogen (secondary N) is 1. The van der Waals surface area contributed by atoms with E-state index in [1.165, 1.54) is 12.1 Å². The lowest BCUT2D eigenvalue weighted by molar-refractivity contribution is 0.414. The van der Waals surface area contributed by atoms with Gasteiger partial charge in [-0.2, -0.15) is 5.10 Å². The van der Waals surface area contributed by atoms with Crippen molar-refractivity contribution in [3.05, 3.63) is 65.7 Å². The van der Waals surface area contributed by atoms with Crippen LogP contribution in [0.4, 0.5) is 4.39 Å². The Kier molecular flexibility index (Phi) is 3.84. The molecule has 0 saturated heterocycles. The second-order valence-electron chi connectivity index (χ2n) is 4.81. The minimum Gasteiger partial charge on any atom is -0.497 e. The molecular weight excluding hydrogens is 283 g/mol. The Morgan fingerprint density at radius 2 is 1.95 bits per heavy atom. The van der Waals surface area contributed by atoms with E-state index in [1.807, 2.05) is 24.3 Å². The number of hydrogen-bond acceptors (Lipinski definition) is 4. The molecule has 0 aliphatic rings. The SMILES string of the molecule is COc1ccc([C@H](N)c2nc(-c3cccc(F)c3)n[nH]2)cc1. The van der Waals surface area contributed by atoms with E-state index in [1.54, 1.807) is 19.2 Å². The molecule has 22 heavy (non-hydrogen) atoms. The van der Waals surface area contributed by atoms with Gasteiger partial charge in [0.15, 0.2) is 5.82 Å². The van der Waals surface area contributed by atoms with E-state index in [0.29, 0.717) is 17.2 Å². The number of hydrogen-bond donors (Lipinski definition) is 2. The Morgan fingerprint density at radius 1 is 1.18 bits per heavy atom. The highest BCUT2D eigenvalue weighted by atomic mass is 19.1. The van der Waals surface area contributed by atoms with Gasteiger partial charge in [-0.15, -0.1) is 0 Å². The summed E-state index contributed by atoms with van der Waals surface area (Å²) in [6, 6.07) is 13.1. The number of halogens is 1. The standard InChI is InChI=1S/C16H15FN4O/c1-22-13-7-5-10(6-8-13)14(18)16-19-15(20-21-16)11-3-2-4-12(17)9-11/h2-9,14H,18H2,1H3,(H,19,20,21)/t14-/m0/s1. The fourth-order valence-corrected chi connectivity index (χ4v) is 2.14. The quantitative estimate of drug-likeness (QED) is 0.776. The molecule has 3 N–H and O–H groups in total. The molecule has 1 aromatic heterocycles. The fourth-order valence-electron chi connectivity index (χ4n) is 2.14. The van der Waals surface area contributed by atoms with Gasteiger partial charge in [-0.3, -0.25) is 5.10 Å². The second kappa shape index (κ2) is 5.95. The van der Waals surface area contributed by atoms with Crippen LogP contribution in [0.25, 0.3) is 11.4 Å². The largest absolute Gasteiger partial charge is 0.497 e.